The molecule has 9 heteroatoms. The zero-order valence-corrected chi connectivity index (χ0v) is 15.9. The Morgan fingerprint density at radius 2 is 2.07 bits per heavy atom. The van der Waals surface area contributed by atoms with Crippen LogP contribution in [0.15, 0.2) is 33.2 Å². The summed E-state index contributed by atoms with van der Waals surface area (Å²) >= 11 is 0. The molecule has 0 spiro atoms. The fourth-order valence-electron chi connectivity index (χ4n) is 3.14. The van der Waals surface area contributed by atoms with Crippen molar-refractivity contribution in [1.82, 2.24) is 20.0 Å². The maximum atomic E-state index is 12.8. The zero-order valence-electron chi connectivity index (χ0n) is 15.9. The minimum Gasteiger partial charge on any atom is -0.436 e. The molecular weight excluding hydrogens is 362 g/mol. The van der Waals surface area contributed by atoms with Gasteiger partial charge in [-0.15, -0.1) is 0 Å². The number of nitrogens with one attached hydrogen (secondary N) is 1. The second kappa shape index (κ2) is 7.43. The quantitative estimate of drug-likeness (QED) is 0.733. The highest BCUT2D eigenvalue weighted by atomic mass is 16.5. The zero-order chi connectivity index (χ0) is 19.7. The number of aryl methyl sites for hydroxylation is 3. The maximum absolute atomic E-state index is 12.8. The Morgan fingerprint density at radius 3 is 2.79 bits per heavy atom. The Kier molecular flexibility index (Phi) is 4.82. The molecule has 3 aromatic rings. The first-order valence-corrected chi connectivity index (χ1v) is 9.02. The van der Waals surface area contributed by atoms with Crippen LogP contribution in [-0.2, 0) is 4.74 Å². The van der Waals surface area contributed by atoms with Crippen LogP contribution >= 0.6 is 0 Å². The number of nitrogens with zero attached hydrogens (tertiary/aromatic N) is 4. The number of oxazole rings is 1. The normalized spacial score (nSPS) is 17.0. The third-order valence-corrected chi connectivity index (χ3v) is 4.44. The predicted octanol–water partition coefficient (Wildman–Crippen LogP) is 2.94. The van der Waals surface area contributed by atoms with Gasteiger partial charge in [-0.05, 0) is 26.0 Å². The van der Waals surface area contributed by atoms with Gasteiger partial charge in [0.05, 0.1) is 24.5 Å². The van der Waals surface area contributed by atoms with E-state index >= 15 is 0 Å². The SMILES string of the molecule is Cc1cc(Nc2cccc([C@@H]3CN(C(=O)c4oc(C)nc4C)CCO3)n2)no1. The van der Waals surface area contributed by atoms with Gasteiger partial charge in [0.15, 0.2) is 11.7 Å². The van der Waals surface area contributed by atoms with Crippen molar-refractivity contribution in [3.8, 4) is 0 Å². The van der Waals surface area contributed by atoms with Crippen molar-refractivity contribution >= 4 is 17.5 Å². The Morgan fingerprint density at radius 1 is 1.21 bits per heavy atom. The molecule has 9 nitrogen and oxygen atoms in total. The van der Waals surface area contributed by atoms with Crippen LogP contribution in [0.3, 0.4) is 0 Å². The van der Waals surface area contributed by atoms with Crippen molar-refractivity contribution in [3.63, 3.8) is 0 Å². The van der Waals surface area contributed by atoms with Crippen molar-refractivity contribution in [2.45, 2.75) is 26.9 Å². The second-order valence-corrected chi connectivity index (χ2v) is 6.65. The van der Waals surface area contributed by atoms with Crippen LogP contribution in [-0.4, -0.2) is 45.6 Å². The number of carbonyl (C=O) groups is 1. The summed E-state index contributed by atoms with van der Waals surface area (Å²) in [6, 6.07) is 7.38. The summed E-state index contributed by atoms with van der Waals surface area (Å²) in [5, 5.41) is 7.00. The Hall–Kier alpha value is -3.20. The average Bonchev–Trinajstić information content (AvgIpc) is 3.25. The topological polar surface area (TPSA) is 107 Å². The molecule has 1 fully saturated rings. The molecule has 0 aromatic carbocycles. The van der Waals surface area contributed by atoms with E-state index in [2.05, 4.69) is 20.4 Å². The Labute approximate surface area is 161 Å². The highest BCUT2D eigenvalue weighted by molar-refractivity contribution is 5.92. The van der Waals surface area contributed by atoms with Gasteiger partial charge in [0.2, 0.25) is 5.76 Å². The van der Waals surface area contributed by atoms with Crippen LogP contribution in [0.25, 0.3) is 0 Å². The molecule has 0 aliphatic carbocycles. The highest BCUT2D eigenvalue weighted by Crippen LogP contribution is 2.25. The number of anilines is 2. The summed E-state index contributed by atoms with van der Waals surface area (Å²) in [7, 11) is 0. The first-order valence-electron chi connectivity index (χ1n) is 9.02. The first-order chi connectivity index (χ1) is 13.5. The van der Waals surface area contributed by atoms with Crippen LogP contribution in [0.2, 0.25) is 0 Å². The van der Waals surface area contributed by atoms with E-state index in [9.17, 15) is 4.79 Å². The van der Waals surface area contributed by atoms with E-state index in [1.165, 1.54) is 0 Å². The fraction of sp³-hybridized carbons (Fsp3) is 0.368. The number of carbonyl (C=O) groups excluding carboxylic acids is 1. The summed E-state index contributed by atoms with van der Waals surface area (Å²) in [6.07, 6.45) is -0.331. The van der Waals surface area contributed by atoms with Crippen LogP contribution in [0.1, 0.15) is 39.7 Å². The Balaban J connectivity index is 1.49. The van der Waals surface area contributed by atoms with Crippen molar-refractivity contribution in [3.05, 3.63) is 53.1 Å². The molecule has 1 saturated heterocycles. The van der Waals surface area contributed by atoms with E-state index in [1.807, 2.05) is 25.1 Å². The lowest BCUT2D eigenvalue weighted by Gasteiger charge is -2.32. The molecule has 28 heavy (non-hydrogen) atoms. The van der Waals surface area contributed by atoms with E-state index in [4.69, 9.17) is 13.7 Å². The number of ether oxygens (including phenoxy) is 1. The van der Waals surface area contributed by atoms with Crippen LogP contribution in [0, 0.1) is 20.8 Å². The summed E-state index contributed by atoms with van der Waals surface area (Å²) in [4.78, 5) is 23.3. The van der Waals surface area contributed by atoms with Gasteiger partial charge < -0.3 is 23.9 Å². The lowest BCUT2D eigenvalue weighted by molar-refractivity contribution is -0.0256. The molecular formula is C19H21N5O4. The fourth-order valence-corrected chi connectivity index (χ4v) is 3.14. The number of morpholine rings is 1. The van der Waals surface area contributed by atoms with E-state index in [1.54, 1.807) is 24.8 Å². The molecule has 0 radical (unpaired) electrons. The lowest BCUT2D eigenvalue weighted by Crippen LogP contribution is -2.42. The molecule has 4 heterocycles. The van der Waals surface area contributed by atoms with Crippen LogP contribution < -0.4 is 5.32 Å². The smallest absolute Gasteiger partial charge is 0.291 e. The average molecular weight is 383 g/mol. The van der Waals surface area contributed by atoms with Crippen molar-refractivity contribution in [2.75, 3.05) is 25.0 Å². The van der Waals surface area contributed by atoms with Crippen molar-refractivity contribution in [1.29, 1.82) is 0 Å². The van der Waals surface area contributed by atoms with Gasteiger partial charge in [0.25, 0.3) is 5.91 Å². The Bertz CT molecular complexity index is 996. The highest BCUT2D eigenvalue weighted by Gasteiger charge is 2.30. The molecule has 3 aromatic heterocycles. The van der Waals surface area contributed by atoms with Crippen LogP contribution in [0.4, 0.5) is 11.6 Å². The predicted molar refractivity (Wildman–Crippen MR) is 99.3 cm³/mol. The lowest BCUT2D eigenvalue weighted by atomic mass is 10.1. The van der Waals surface area contributed by atoms with E-state index < -0.39 is 0 Å². The number of amides is 1. The molecule has 146 valence electrons. The molecule has 0 unspecified atom stereocenters. The molecule has 1 N–H and O–H groups in total. The summed E-state index contributed by atoms with van der Waals surface area (Å²) in [6.45, 7) is 6.61. The molecule has 0 bridgehead atoms. The van der Waals surface area contributed by atoms with E-state index in [-0.39, 0.29) is 17.8 Å². The number of pyridine rings is 1. The summed E-state index contributed by atoms with van der Waals surface area (Å²) < 4.78 is 16.4. The van der Waals surface area contributed by atoms with Crippen LogP contribution in [0.5, 0.6) is 0 Å². The van der Waals surface area contributed by atoms with Gasteiger partial charge in [-0.1, -0.05) is 11.2 Å². The van der Waals surface area contributed by atoms with E-state index in [0.717, 1.165) is 5.69 Å². The van der Waals surface area contributed by atoms with Gasteiger partial charge in [0, 0.05) is 19.5 Å². The first kappa shape index (κ1) is 18.2. The largest absolute Gasteiger partial charge is 0.436 e. The van der Waals surface area contributed by atoms with Gasteiger partial charge in [-0.25, -0.2) is 9.97 Å². The number of hydrogen-bond acceptors (Lipinski definition) is 8. The molecule has 1 aliphatic rings. The minimum absolute atomic E-state index is 0.182. The molecule has 1 amide bonds. The van der Waals surface area contributed by atoms with Crippen molar-refractivity contribution in [2.24, 2.45) is 0 Å². The number of rotatable bonds is 4. The summed E-state index contributed by atoms with van der Waals surface area (Å²) in [5.41, 5.74) is 1.32. The number of aromatic nitrogens is 3. The molecule has 1 atom stereocenters. The third-order valence-electron chi connectivity index (χ3n) is 4.44. The monoisotopic (exact) mass is 383 g/mol. The second-order valence-electron chi connectivity index (χ2n) is 6.65. The van der Waals surface area contributed by atoms with E-state index in [0.29, 0.717) is 48.7 Å². The van der Waals surface area contributed by atoms with Gasteiger partial charge in [-0.3, -0.25) is 4.79 Å². The molecule has 1 aliphatic heterocycles. The van der Waals surface area contributed by atoms with Gasteiger partial charge in [0.1, 0.15) is 17.7 Å². The molecule has 4 rings (SSSR count). The van der Waals surface area contributed by atoms with Crippen molar-refractivity contribution < 1.29 is 18.5 Å². The van der Waals surface area contributed by atoms with Gasteiger partial charge in [-0.2, -0.15) is 0 Å². The maximum Gasteiger partial charge on any atom is 0.291 e. The number of hydrogen-bond donors (Lipinski definition) is 1. The van der Waals surface area contributed by atoms with Gasteiger partial charge >= 0.3 is 0 Å². The standard InChI is InChI=1S/C19H21N5O4/c1-11-9-17(23-28-11)22-16-6-4-5-14(21-16)15-10-24(7-8-26-15)19(25)18-12(2)20-13(3)27-18/h4-6,9,15H,7-8,10H2,1-3H3,(H,21,22,23)/t15-/m0/s1. The summed E-state index contributed by atoms with van der Waals surface area (Å²) in [5.74, 6) is 2.50. The minimum atomic E-state index is -0.331. The molecule has 0 saturated carbocycles. The third kappa shape index (κ3) is 3.74.